The van der Waals surface area contributed by atoms with Crippen LogP contribution in [0.1, 0.15) is 57.8 Å². The highest BCUT2D eigenvalue weighted by atomic mass is 31.1. The third-order valence-electron chi connectivity index (χ3n) is 2.90. The first kappa shape index (κ1) is 13.3. The van der Waals surface area contributed by atoms with E-state index < -0.39 is 5.92 Å². The predicted octanol–water partition coefficient (Wildman–Crippen LogP) is 5.35. The molecule has 0 heterocycles. The molecule has 0 nitrogen and oxygen atoms in total. The van der Waals surface area contributed by atoms with Crippen LogP contribution in [0.4, 0.5) is 13.2 Å². The smallest absolute Gasteiger partial charge is 0.167 e. The molecular weight excluding hydrogens is 220 g/mol. The van der Waals surface area contributed by atoms with Crippen LogP contribution in [0, 0.1) is 0 Å². The summed E-state index contributed by atoms with van der Waals surface area (Å²) in [5, 5.41) is 0. The Morgan fingerprint density at radius 2 is 1.13 bits per heavy atom. The molecule has 0 atom stereocenters. The number of halogens is 3. The maximum absolute atomic E-state index is 12.2. The highest BCUT2D eigenvalue weighted by Crippen LogP contribution is 2.44. The standard InChI is InChI=1S/C11H19F3P/c12-11(13,14)15-10-8-6-4-2-1-3-5-7-9-10/h10H,1-9H2. The van der Waals surface area contributed by atoms with E-state index in [9.17, 15) is 13.2 Å². The van der Waals surface area contributed by atoms with E-state index >= 15 is 0 Å². The molecule has 0 N–H and O–H groups in total. The number of alkyl halides is 3. The second kappa shape index (κ2) is 6.73. The van der Waals surface area contributed by atoms with E-state index in [0.717, 1.165) is 38.5 Å². The van der Waals surface area contributed by atoms with Crippen LogP contribution in [0.15, 0.2) is 0 Å². The lowest BCUT2D eigenvalue weighted by Crippen LogP contribution is -2.10. The molecule has 1 radical (unpaired) electrons. The van der Waals surface area contributed by atoms with Crippen LogP contribution in [0.25, 0.3) is 0 Å². The monoisotopic (exact) mass is 239 g/mol. The van der Waals surface area contributed by atoms with Crippen LogP contribution in [0.5, 0.6) is 0 Å². The van der Waals surface area contributed by atoms with Gasteiger partial charge in [0.05, 0.1) is 0 Å². The van der Waals surface area contributed by atoms with Crippen molar-refractivity contribution in [3.63, 3.8) is 0 Å². The summed E-state index contributed by atoms with van der Waals surface area (Å²) < 4.78 is 36.7. The van der Waals surface area contributed by atoms with Gasteiger partial charge in [-0.25, -0.2) is 0 Å². The molecule has 1 fully saturated rings. The van der Waals surface area contributed by atoms with Crippen molar-refractivity contribution >= 4 is 8.58 Å². The van der Waals surface area contributed by atoms with Gasteiger partial charge in [0.15, 0.2) is 0 Å². The van der Waals surface area contributed by atoms with Crippen molar-refractivity contribution in [1.29, 1.82) is 0 Å². The van der Waals surface area contributed by atoms with Gasteiger partial charge in [-0.1, -0.05) is 44.9 Å². The largest absolute Gasteiger partial charge is 0.409 e. The zero-order valence-corrected chi connectivity index (χ0v) is 9.92. The summed E-state index contributed by atoms with van der Waals surface area (Å²) in [6.45, 7) is 0. The molecule has 0 saturated heterocycles. The van der Waals surface area contributed by atoms with Gasteiger partial charge in [-0.2, -0.15) is 13.2 Å². The van der Waals surface area contributed by atoms with Gasteiger partial charge >= 0.3 is 5.92 Å². The van der Waals surface area contributed by atoms with Gasteiger partial charge in [0, 0.05) is 8.58 Å². The Bertz CT molecular complexity index is 158. The van der Waals surface area contributed by atoms with Crippen molar-refractivity contribution in [2.75, 3.05) is 0 Å². The van der Waals surface area contributed by atoms with Crippen molar-refractivity contribution in [2.24, 2.45) is 0 Å². The normalized spacial score (nSPS) is 23.4. The number of hydrogen-bond acceptors (Lipinski definition) is 0. The van der Waals surface area contributed by atoms with Crippen LogP contribution in [-0.4, -0.2) is 11.6 Å². The fraction of sp³-hybridized carbons (Fsp3) is 1.00. The fourth-order valence-corrected chi connectivity index (χ4v) is 3.16. The van der Waals surface area contributed by atoms with Crippen molar-refractivity contribution in [3.05, 3.63) is 0 Å². The molecule has 1 rings (SSSR count). The lowest BCUT2D eigenvalue weighted by Gasteiger charge is -2.18. The molecule has 0 unspecified atom stereocenters. The molecule has 89 valence electrons. The average Bonchev–Trinajstić information content (AvgIpc) is 2.13. The molecule has 1 aliphatic carbocycles. The van der Waals surface area contributed by atoms with E-state index in [-0.39, 0.29) is 14.2 Å². The summed E-state index contributed by atoms with van der Waals surface area (Å²) in [6.07, 6.45) is 9.39. The summed E-state index contributed by atoms with van der Waals surface area (Å²) in [5.74, 6) is -3.99. The zero-order chi connectivity index (χ0) is 11.1. The molecule has 0 amide bonds. The topological polar surface area (TPSA) is 0 Å². The maximum Gasteiger partial charge on any atom is 0.409 e. The maximum atomic E-state index is 12.2. The molecule has 0 aromatic carbocycles. The van der Waals surface area contributed by atoms with E-state index in [1.165, 1.54) is 19.3 Å². The molecule has 0 bridgehead atoms. The molecule has 0 aliphatic heterocycles. The minimum atomic E-state index is -3.99. The van der Waals surface area contributed by atoms with Gasteiger partial charge in [0.25, 0.3) is 0 Å². The molecule has 0 aromatic heterocycles. The van der Waals surface area contributed by atoms with Gasteiger partial charge in [-0.3, -0.25) is 0 Å². The highest BCUT2D eigenvalue weighted by molar-refractivity contribution is 7.40. The third kappa shape index (κ3) is 7.16. The average molecular weight is 239 g/mol. The van der Waals surface area contributed by atoms with Gasteiger partial charge in [-0.15, -0.1) is 0 Å². The fourth-order valence-electron chi connectivity index (χ4n) is 2.12. The third-order valence-corrected chi connectivity index (χ3v) is 4.08. The van der Waals surface area contributed by atoms with E-state index in [2.05, 4.69) is 0 Å². The molecule has 1 aliphatic rings. The van der Waals surface area contributed by atoms with Crippen molar-refractivity contribution in [3.8, 4) is 0 Å². The van der Waals surface area contributed by atoms with Crippen molar-refractivity contribution < 1.29 is 13.2 Å². The summed E-state index contributed by atoms with van der Waals surface area (Å²) in [5.41, 5.74) is -0.136. The molecule has 0 spiro atoms. The van der Waals surface area contributed by atoms with Crippen LogP contribution in [0.2, 0.25) is 0 Å². The van der Waals surface area contributed by atoms with E-state index in [4.69, 9.17) is 0 Å². The first-order valence-electron chi connectivity index (χ1n) is 5.87. The minimum Gasteiger partial charge on any atom is -0.167 e. The Morgan fingerprint density at radius 1 is 0.733 bits per heavy atom. The molecule has 4 heteroatoms. The van der Waals surface area contributed by atoms with Gasteiger partial charge < -0.3 is 0 Å². The Kier molecular flexibility index (Phi) is 5.96. The van der Waals surface area contributed by atoms with Crippen molar-refractivity contribution in [1.82, 2.24) is 0 Å². The second-order valence-electron chi connectivity index (χ2n) is 4.30. The molecular formula is C11H19F3P. The Morgan fingerprint density at radius 3 is 1.53 bits per heavy atom. The Balaban J connectivity index is 2.31. The summed E-state index contributed by atoms with van der Waals surface area (Å²) in [6, 6.07) is 0. The summed E-state index contributed by atoms with van der Waals surface area (Å²) in [4.78, 5) is 0. The number of hydrogen-bond donors (Lipinski definition) is 0. The molecule has 1 saturated carbocycles. The summed E-state index contributed by atoms with van der Waals surface area (Å²) >= 11 is 0. The second-order valence-corrected chi connectivity index (χ2v) is 5.80. The Labute approximate surface area is 91.8 Å². The summed E-state index contributed by atoms with van der Waals surface area (Å²) in [7, 11) is -0.303. The van der Waals surface area contributed by atoms with Gasteiger partial charge in [-0.05, 0) is 18.5 Å². The van der Waals surface area contributed by atoms with Gasteiger partial charge in [0.2, 0.25) is 0 Å². The SMILES string of the molecule is FC(F)(F)[P]C1CCCCCCCCC1. The molecule has 0 aromatic rings. The van der Waals surface area contributed by atoms with Gasteiger partial charge in [0.1, 0.15) is 0 Å². The van der Waals surface area contributed by atoms with Crippen LogP contribution >= 0.6 is 8.58 Å². The quantitative estimate of drug-likeness (QED) is 0.541. The van der Waals surface area contributed by atoms with Crippen molar-refractivity contribution in [2.45, 2.75) is 69.4 Å². The lowest BCUT2D eigenvalue weighted by molar-refractivity contribution is -0.0379. The van der Waals surface area contributed by atoms with E-state index in [0.29, 0.717) is 0 Å². The molecule has 15 heavy (non-hydrogen) atoms. The van der Waals surface area contributed by atoms with E-state index in [1.807, 2.05) is 0 Å². The highest BCUT2D eigenvalue weighted by Gasteiger charge is 2.32. The first-order chi connectivity index (χ1) is 7.08. The van der Waals surface area contributed by atoms with Crippen LogP contribution in [-0.2, 0) is 0 Å². The lowest BCUT2D eigenvalue weighted by atomic mass is 10.0. The van der Waals surface area contributed by atoms with Crippen LogP contribution in [0.3, 0.4) is 0 Å². The zero-order valence-electron chi connectivity index (χ0n) is 9.02. The Hall–Kier alpha value is 0.220. The predicted molar refractivity (Wildman–Crippen MR) is 58.3 cm³/mol. The van der Waals surface area contributed by atoms with E-state index in [1.54, 1.807) is 0 Å². The van der Waals surface area contributed by atoms with Crippen LogP contribution < -0.4 is 0 Å². The first-order valence-corrected chi connectivity index (χ1v) is 6.83. The minimum absolute atomic E-state index is 0.136. The number of rotatable bonds is 1.